The Bertz CT molecular complexity index is 1330. The third-order valence-corrected chi connectivity index (χ3v) is 8.86. The lowest BCUT2D eigenvalue weighted by molar-refractivity contribution is -0.120. The van der Waals surface area contributed by atoms with E-state index in [1.165, 1.54) is 4.31 Å². The minimum absolute atomic E-state index is 0.0544. The number of carbonyl (C=O) groups is 2. The van der Waals surface area contributed by atoms with Crippen molar-refractivity contribution in [1.82, 2.24) is 9.62 Å². The normalized spacial score (nSPS) is 16.9. The van der Waals surface area contributed by atoms with Crippen molar-refractivity contribution in [3.8, 4) is 0 Å². The molecule has 0 spiro atoms. The average molecular weight is 534 g/mol. The lowest BCUT2D eigenvalue weighted by Crippen LogP contribution is -2.44. The number of nitrogens with zero attached hydrogens (tertiary/aromatic N) is 1. The van der Waals surface area contributed by atoms with E-state index in [0.717, 1.165) is 11.1 Å². The number of carbonyl (C=O) groups excluding carboxylic acids is 2. The zero-order valence-corrected chi connectivity index (χ0v) is 22.5. The van der Waals surface area contributed by atoms with Gasteiger partial charge in [-0.15, -0.1) is 0 Å². The minimum atomic E-state index is -3.47. The van der Waals surface area contributed by atoms with Crippen molar-refractivity contribution in [2.45, 2.75) is 38.6 Å². The number of benzene rings is 3. The van der Waals surface area contributed by atoms with Crippen LogP contribution in [-0.2, 0) is 21.2 Å². The van der Waals surface area contributed by atoms with E-state index in [1.54, 1.807) is 24.3 Å². The van der Waals surface area contributed by atoms with Gasteiger partial charge < -0.3 is 10.6 Å². The molecule has 1 saturated heterocycles. The van der Waals surface area contributed by atoms with Crippen LogP contribution in [0, 0.1) is 5.92 Å². The summed E-state index contributed by atoms with van der Waals surface area (Å²) in [4.78, 5) is 26.2. The summed E-state index contributed by atoms with van der Waals surface area (Å²) in [6, 6.07) is 26.2. The standard InChI is InChI=1S/C30H35N3O4S/c1-23(25-15-6-3-7-16-25)31-30(35)27-18-8-9-19-28(27)32-29(34)26-17-10-20-33(22-26)38(36,37)21-11-14-24-12-4-2-5-13-24/h2-9,12-13,15-16,18-19,23,26H,10-11,14,17,20-22H2,1H3,(H,31,35)(H,32,34)/t23-,26-/m1/s1. The molecule has 1 heterocycles. The zero-order valence-electron chi connectivity index (χ0n) is 21.7. The van der Waals surface area contributed by atoms with Crippen molar-refractivity contribution in [2.75, 3.05) is 24.2 Å². The second kappa shape index (κ2) is 12.8. The van der Waals surface area contributed by atoms with Crippen LogP contribution in [0.25, 0.3) is 0 Å². The second-order valence-electron chi connectivity index (χ2n) is 9.74. The molecule has 0 radical (unpaired) electrons. The van der Waals surface area contributed by atoms with Gasteiger partial charge in [-0.1, -0.05) is 72.8 Å². The highest BCUT2D eigenvalue weighted by molar-refractivity contribution is 7.89. The van der Waals surface area contributed by atoms with Gasteiger partial charge in [-0.2, -0.15) is 0 Å². The molecule has 7 nitrogen and oxygen atoms in total. The highest BCUT2D eigenvalue weighted by atomic mass is 32.2. The van der Waals surface area contributed by atoms with Crippen LogP contribution < -0.4 is 10.6 Å². The van der Waals surface area contributed by atoms with Crippen LogP contribution in [0.3, 0.4) is 0 Å². The molecule has 0 bridgehead atoms. The summed E-state index contributed by atoms with van der Waals surface area (Å²) in [5, 5.41) is 5.88. The average Bonchev–Trinajstić information content (AvgIpc) is 2.94. The first-order valence-corrected chi connectivity index (χ1v) is 14.7. The lowest BCUT2D eigenvalue weighted by Gasteiger charge is -2.31. The Hall–Kier alpha value is -3.49. The summed E-state index contributed by atoms with van der Waals surface area (Å²) in [5.41, 5.74) is 2.87. The first kappa shape index (κ1) is 27.5. The highest BCUT2D eigenvalue weighted by Gasteiger charge is 2.32. The predicted molar refractivity (Wildman–Crippen MR) is 150 cm³/mol. The topological polar surface area (TPSA) is 95.6 Å². The molecular formula is C30H35N3O4S. The van der Waals surface area contributed by atoms with Crippen LogP contribution in [0.5, 0.6) is 0 Å². The SMILES string of the molecule is C[C@@H](NC(=O)c1ccccc1NC(=O)[C@@H]1CCCN(S(=O)(=O)CCCc2ccccc2)C1)c1ccccc1. The third kappa shape index (κ3) is 7.30. The molecule has 3 aromatic rings. The Morgan fingerprint density at radius 3 is 2.34 bits per heavy atom. The van der Waals surface area contributed by atoms with Crippen molar-refractivity contribution in [3.63, 3.8) is 0 Å². The molecule has 3 aromatic carbocycles. The second-order valence-corrected chi connectivity index (χ2v) is 11.8. The number of anilines is 1. The third-order valence-electron chi connectivity index (χ3n) is 6.94. The summed E-state index contributed by atoms with van der Waals surface area (Å²) in [5.74, 6) is -0.986. The lowest BCUT2D eigenvalue weighted by atomic mass is 9.98. The van der Waals surface area contributed by atoms with E-state index in [-0.39, 0.29) is 30.2 Å². The van der Waals surface area contributed by atoms with Gasteiger partial charge in [0.25, 0.3) is 5.91 Å². The van der Waals surface area contributed by atoms with Crippen LogP contribution in [0.1, 0.15) is 53.7 Å². The van der Waals surface area contributed by atoms with E-state index in [4.69, 9.17) is 0 Å². The van der Waals surface area contributed by atoms with Gasteiger partial charge in [0.05, 0.1) is 29.0 Å². The van der Waals surface area contributed by atoms with Gasteiger partial charge in [0.2, 0.25) is 15.9 Å². The van der Waals surface area contributed by atoms with Crippen LogP contribution in [0.2, 0.25) is 0 Å². The molecule has 2 atom stereocenters. The van der Waals surface area contributed by atoms with Gasteiger partial charge in [0.15, 0.2) is 0 Å². The molecular weight excluding hydrogens is 498 g/mol. The molecule has 4 rings (SSSR count). The van der Waals surface area contributed by atoms with E-state index < -0.39 is 15.9 Å². The van der Waals surface area contributed by atoms with Crippen molar-refractivity contribution in [1.29, 1.82) is 0 Å². The minimum Gasteiger partial charge on any atom is -0.345 e. The maximum absolute atomic E-state index is 13.2. The van der Waals surface area contributed by atoms with Crippen molar-refractivity contribution >= 4 is 27.5 Å². The number of nitrogens with one attached hydrogen (secondary N) is 2. The van der Waals surface area contributed by atoms with E-state index in [2.05, 4.69) is 10.6 Å². The number of para-hydroxylation sites is 1. The van der Waals surface area contributed by atoms with Crippen molar-refractivity contribution in [2.24, 2.45) is 5.92 Å². The fourth-order valence-corrected chi connectivity index (χ4v) is 6.35. The quantitative estimate of drug-likeness (QED) is 0.392. The Morgan fingerprint density at radius 1 is 0.947 bits per heavy atom. The maximum Gasteiger partial charge on any atom is 0.253 e. The molecule has 2 amide bonds. The first-order valence-electron chi connectivity index (χ1n) is 13.1. The largest absolute Gasteiger partial charge is 0.345 e. The molecule has 8 heteroatoms. The van der Waals surface area contributed by atoms with Gasteiger partial charge in [-0.25, -0.2) is 12.7 Å². The fourth-order valence-electron chi connectivity index (χ4n) is 4.77. The number of piperidine rings is 1. The molecule has 38 heavy (non-hydrogen) atoms. The molecule has 0 aromatic heterocycles. The molecule has 1 aliphatic heterocycles. The van der Waals surface area contributed by atoms with Crippen LogP contribution in [0.15, 0.2) is 84.9 Å². The van der Waals surface area contributed by atoms with Gasteiger partial charge in [-0.05, 0) is 55.9 Å². The highest BCUT2D eigenvalue weighted by Crippen LogP contribution is 2.24. The molecule has 0 aliphatic carbocycles. The Labute approximate surface area is 225 Å². The number of hydrogen-bond acceptors (Lipinski definition) is 4. The molecule has 0 saturated carbocycles. The van der Waals surface area contributed by atoms with Gasteiger partial charge in [0.1, 0.15) is 0 Å². The maximum atomic E-state index is 13.2. The molecule has 2 N–H and O–H groups in total. The van der Waals surface area contributed by atoms with Crippen molar-refractivity contribution < 1.29 is 18.0 Å². The van der Waals surface area contributed by atoms with Crippen LogP contribution in [0.4, 0.5) is 5.69 Å². The van der Waals surface area contributed by atoms with Crippen LogP contribution >= 0.6 is 0 Å². The smallest absolute Gasteiger partial charge is 0.253 e. The number of rotatable bonds is 10. The Morgan fingerprint density at radius 2 is 1.61 bits per heavy atom. The number of hydrogen-bond donors (Lipinski definition) is 2. The summed E-state index contributed by atoms with van der Waals surface area (Å²) in [6.07, 6.45) is 2.44. The fraction of sp³-hybridized carbons (Fsp3) is 0.333. The van der Waals surface area contributed by atoms with Crippen molar-refractivity contribution in [3.05, 3.63) is 102 Å². The molecule has 1 aliphatic rings. The monoisotopic (exact) mass is 533 g/mol. The number of aryl methyl sites for hydroxylation is 1. The van der Waals surface area contributed by atoms with Gasteiger partial charge in [0, 0.05) is 13.1 Å². The number of sulfonamides is 1. The summed E-state index contributed by atoms with van der Waals surface area (Å²) < 4.78 is 27.5. The van der Waals surface area contributed by atoms with Crippen LogP contribution in [-0.4, -0.2) is 43.4 Å². The van der Waals surface area contributed by atoms with Gasteiger partial charge in [-0.3, -0.25) is 9.59 Å². The van der Waals surface area contributed by atoms with E-state index in [9.17, 15) is 18.0 Å². The number of amides is 2. The summed E-state index contributed by atoms with van der Waals surface area (Å²) in [7, 11) is -3.47. The zero-order chi connectivity index (χ0) is 27.0. The van der Waals surface area contributed by atoms with E-state index in [1.807, 2.05) is 67.6 Å². The molecule has 200 valence electrons. The predicted octanol–water partition coefficient (Wildman–Crippen LogP) is 4.79. The summed E-state index contributed by atoms with van der Waals surface area (Å²) >= 11 is 0. The molecule has 1 fully saturated rings. The Balaban J connectivity index is 1.36. The van der Waals surface area contributed by atoms with E-state index >= 15 is 0 Å². The Kier molecular flexibility index (Phi) is 9.31. The molecule has 0 unspecified atom stereocenters. The van der Waals surface area contributed by atoms with E-state index in [0.29, 0.717) is 43.5 Å². The summed E-state index contributed by atoms with van der Waals surface area (Å²) in [6.45, 7) is 2.48. The van der Waals surface area contributed by atoms with Gasteiger partial charge >= 0.3 is 0 Å². The first-order chi connectivity index (χ1) is 18.3.